The molecule has 0 spiro atoms. The SMILES string of the molecule is N#CCCCOc1cccc(/C=C2/C(=O)NC(=O)c3ccccc32)c1. The van der Waals surface area contributed by atoms with Gasteiger partial charge in [-0.25, -0.2) is 0 Å². The molecule has 124 valence electrons. The molecular formula is C20H16N2O3. The van der Waals surface area contributed by atoms with Gasteiger partial charge < -0.3 is 4.74 Å². The summed E-state index contributed by atoms with van der Waals surface area (Å²) in [7, 11) is 0. The zero-order chi connectivity index (χ0) is 17.6. The van der Waals surface area contributed by atoms with E-state index in [-0.39, 0.29) is 5.91 Å². The van der Waals surface area contributed by atoms with Crippen molar-refractivity contribution < 1.29 is 14.3 Å². The molecule has 0 aromatic heterocycles. The maximum Gasteiger partial charge on any atom is 0.258 e. The van der Waals surface area contributed by atoms with E-state index < -0.39 is 5.91 Å². The van der Waals surface area contributed by atoms with E-state index in [9.17, 15) is 9.59 Å². The van der Waals surface area contributed by atoms with Crippen LogP contribution < -0.4 is 10.1 Å². The van der Waals surface area contributed by atoms with E-state index in [0.717, 1.165) is 5.56 Å². The second-order valence-corrected chi connectivity index (χ2v) is 5.57. The van der Waals surface area contributed by atoms with Crippen molar-refractivity contribution in [3.05, 3.63) is 65.2 Å². The molecule has 1 heterocycles. The van der Waals surface area contributed by atoms with Gasteiger partial charge in [0.1, 0.15) is 5.75 Å². The van der Waals surface area contributed by atoms with Crippen molar-refractivity contribution >= 4 is 23.5 Å². The van der Waals surface area contributed by atoms with Crippen LogP contribution in [0.4, 0.5) is 0 Å². The monoisotopic (exact) mass is 332 g/mol. The molecule has 0 radical (unpaired) electrons. The number of imide groups is 1. The van der Waals surface area contributed by atoms with Gasteiger partial charge in [-0.15, -0.1) is 0 Å². The van der Waals surface area contributed by atoms with Gasteiger partial charge in [0.2, 0.25) is 0 Å². The lowest BCUT2D eigenvalue weighted by Crippen LogP contribution is -2.36. The first-order valence-electron chi connectivity index (χ1n) is 7.95. The fourth-order valence-electron chi connectivity index (χ4n) is 2.62. The normalized spacial score (nSPS) is 14.6. The fourth-order valence-corrected chi connectivity index (χ4v) is 2.62. The third kappa shape index (κ3) is 3.75. The third-order valence-corrected chi connectivity index (χ3v) is 3.80. The number of hydrogen-bond donors (Lipinski definition) is 1. The van der Waals surface area contributed by atoms with Gasteiger partial charge in [-0.2, -0.15) is 5.26 Å². The molecule has 0 aliphatic carbocycles. The first-order valence-corrected chi connectivity index (χ1v) is 7.95. The molecular weight excluding hydrogens is 316 g/mol. The number of rotatable bonds is 5. The maximum atomic E-state index is 12.2. The number of nitrogens with zero attached hydrogens (tertiary/aromatic N) is 1. The van der Waals surface area contributed by atoms with Crippen LogP contribution in [0, 0.1) is 11.3 Å². The zero-order valence-electron chi connectivity index (χ0n) is 13.5. The molecule has 2 amide bonds. The summed E-state index contributed by atoms with van der Waals surface area (Å²) in [5.41, 5.74) is 2.35. The van der Waals surface area contributed by atoms with Gasteiger partial charge in [0, 0.05) is 17.6 Å². The van der Waals surface area contributed by atoms with E-state index in [2.05, 4.69) is 11.4 Å². The Balaban J connectivity index is 1.88. The van der Waals surface area contributed by atoms with Crippen LogP contribution in [0.25, 0.3) is 11.6 Å². The van der Waals surface area contributed by atoms with E-state index in [1.807, 2.05) is 24.3 Å². The number of nitriles is 1. The fraction of sp³-hybridized carbons (Fsp3) is 0.150. The topological polar surface area (TPSA) is 79.2 Å². The minimum absolute atomic E-state index is 0.382. The summed E-state index contributed by atoms with van der Waals surface area (Å²) in [6.45, 7) is 0.464. The highest BCUT2D eigenvalue weighted by molar-refractivity contribution is 6.33. The molecule has 2 aromatic rings. The number of nitrogens with one attached hydrogen (secondary N) is 1. The van der Waals surface area contributed by atoms with Crippen molar-refractivity contribution in [1.29, 1.82) is 5.26 Å². The second kappa shape index (κ2) is 7.45. The van der Waals surface area contributed by atoms with Gasteiger partial charge >= 0.3 is 0 Å². The molecule has 25 heavy (non-hydrogen) atoms. The number of benzene rings is 2. The van der Waals surface area contributed by atoms with Gasteiger partial charge in [0.15, 0.2) is 0 Å². The van der Waals surface area contributed by atoms with Gasteiger partial charge in [-0.05, 0) is 41.8 Å². The summed E-state index contributed by atoms with van der Waals surface area (Å²) in [5.74, 6) is -0.121. The van der Waals surface area contributed by atoms with Gasteiger partial charge in [-0.1, -0.05) is 30.3 Å². The largest absolute Gasteiger partial charge is 0.494 e. The van der Waals surface area contributed by atoms with Crippen LogP contribution in [0.5, 0.6) is 5.75 Å². The Labute approximate surface area is 145 Å². The number of unbranched alkanes of at least 4 members (excludes halogenated alkanes) is 1. The standard InChI is InChI=1S/C20H16N2O3/c21-10-3-4-11-25-15-7-5-6-14(12-15)13-18-16-8-1-2-9-17(16)19(23)22-20(18)24/h1-2,5-9,12-13H,3-4,11H2,(H,22,23,24)/b18-13+. The number of hydrogen-bond acceptors (Lipinski definition) is 4. The number of ether oxygens (including phenoxy) is 1. The Morgan fingerprint density at radius 3 is 2.64 bits per heavy atom. The van der Waals surface area contributed by atoms with Crippen molar-refractivity contribution in [1.82, 2.24) is 5.32 Å². The van der Waals surface area contributed by atoms with Crippen molar-refractivity contribution in [3.8, 4) is 11.8 Å². The average molecular weight is 332 g/mol. The Bertz CT molecular complexity index is 894. The quantitative estimate of drug-likeness (QED) is 0.518. The molecule has 1 aliphatic rings. The molecule has 1 aliphatic heterocycles. The van der Waals surface area contributed by atoms with Crippen LogP contribution in [0.1, 0.15) is 34.3 Å². The van der Waals surface area contributed by atoms with Gasteiger partial charge in [0.25, 0.3) is 11.8 Å². The second-order valence-electron chi connectivity index (χ2n) is 5.57. The lowest BCUT2D eigenvalue weighted by atomic mass is 9.93. The summed E-state index contributed by atoms with van der Waals surface area (Å²) >= 11 is 0. The van der Waals surface area contributed by atoms with E-state index in [1.54, 1.807) is 30.3 Å². The lowest BCUT2D eigenvalue weighted by molar-refractivity contribution is -0.114. The predicted molar refractivity (Wildman–Crippen MR) is 93.6 cm³/mol. The number of carbonyl (C=O) groups excluding carboxylic acids is 2. The minimum Gasteiger partial charge on any atom is -0.494 e. The molecule has 5 heteroatoms. The van der Waals surface area contributed by atoms with Crippen molar-refractivity contribution in [2.24, 2.45) is 0 Å². The van der Waals surface area contributed by atoms with E-state index in [1.165, 1.54) is 0 Å². The first-order chi connectivity index (χ1) is 12.2. The number of amides is 2. The predicted octanol–water partition coefficient (Wildman–Crippen LogP) is 3.18. The molecule has 3 rings (SSSR count). The molecule has 2 aromatic carbocycles. The molecule has 0 bridgehead atoms. The third-order valence-electron chi connectivity index (χ3n) is 3.80. The highest BCUT2D eigenvalue weighted by Gasteiger charge is 2.26. The molecule has 1 N–H and O–H groups in total. The smallest absolute Gasteiger partial charge is 0.258 e. The Morgan fingerprint density at radius 1 is 1.04 bits per heavy atom. The number of carbonyl (C=O) groups is 2. The zero-order valence-corrected chi connectivity index (χ0v) is 13.5. The van der Waals surface area contributed by atoms with Crippen LogP contribution in [-0.2, 0) is 4.79 Å². The summed E-state index contributed by atoms with van der Waals surface area (Å²) in [4.78, 5) is 24.2. The van der Waals surface area contributed by atoms with Crippen molar-refractivity contribution in [2.45, 2.75) is 12.8 Å². The Morgan fingerprint density at radius 2 is 1.84 bits per heavy atom. The Hall–Kier alpha value is -3.39. The van der Waals surface area contributed by atoms with Crippen LogP contribution in [0.2, 0.25) is 0 Å². The maximum absolute atomic E-state index is 12.2. The van der Waals surface area contributed by atoms with Crippen LogP contribution >= 0.6 is 0 Å². The highest BCUT2D eigenvalue weighted by Crippen LogP contribution is 2.27. The summed E-state index contributed by atoms with van der Waals surface area (Å²) < 4.78 is 5.62. The van der Waals surface area contributed by atoms with Crippen LogP contribution in [0.3, 0.4) is 0 Å². The minimum atomic E-state index is -0.413. The number of fused-ring (bicyclic) bond motifs is 1. The van der Waals surface area contributed by atoms with Crippen LogP contribution in [-0.4, -0.2) is 18.4 Å². The van der Waals surface area contributed by atoms with E-state index in [0.29, 0.717) is 41.9 Å². The summed E-state index contributed by atoms with van der Waals surface area (Å²) in [5, 5.41) is 10.9. The molecule has 0 saturated carbocycles. The van der Waals surface area contributed by atoms with Crippen molar-refractivity contribution in [3.63, 3.8) is 0 Å². The summed E-state index contributed by atoms with van der Waals surface area (Å²) in [6, 6.07) is 16.4. The molecule has 0 unspecified atom stereocenters. The van der Waals surface area contributed by atoms with Crippen molar-refractivity contribution in [2.75, 3.05) is 6.61 Å². The summed E-state index contributed by atoms with van der Waals surface area (Å²) in [6.07, 6.45) is 2.86. The lowest BCUT2D eigenvalue weighted by Gasteiger charge is -2.18. The molecule has 0 saturated heterocycles. The van der Waals surface area contributed by atoms with Gasteiger partial charge in [-0.3, -0.25) is 14.9 Å². The highest BCUT2D eigenvalue weighted by atomic mass is 16.5. The average Bonchev–Trinajstić information content (AvgIpc) is 2.63. The van der Waals surface area contributed by atoms with Gasteiger partial charge in [0.05, 0.1) is 12.7 Å². The molecule has 0 fully saturated rings. The first kappa shape index (κ1) is 16.5. The van der Waals surface area contributed by atoms with E-state index >= 15 is 0 Å². The molecule has 0 atom stereocenters. The van der Waals surface area contributed by atoms with E-state index in [4.69, 9.17) is 10.00 Å². The Kier molecular flexibility index (Phi) is 4.91. The van der Waals surface area contributed by atoms with Crippen LogP contribution in [0.15, 0.2) is 48.5 Å². The molecule has 5 nitrogen and oxygen atoms in total.